The molecular weight excluding hydrogens is 347 g/mol. The van der Waals surface area contributed by atoms with Crippen molar-refractivity contribution in [3.05, 3.63) is 65.7 Å². The standard InChI is InChI=1S/C19H19FN6O/c1-14-21-22-23-26(14)18-6-2-15(3-7-18)19(27)25-12-10-24(11-13-25)17-8-4-16(20)5-9-17/h2-9H,10-13H2,1H3. The van der Waals surface area contributed by atoms with Crippen LogP contribution in [0, 0.1) is 12.7 Å². The van der Waals surface area contributed by atoms with E-state index in [0.29, 0.717) is 24.5 Å². The first kappa shape index (κ1) is 17.1. The number of halogens is 1. The molecule has 0 atom stereocenters. The predicted molar refractivity (Wildman–Crippen MR) is 98.4 cm³/mol. The Morgan fingerprint density at radius 2 is 1.56 bits per heavy atom. The number of carbonyl (C=O) groups is 1. The summed E-state index contributed by atoms with van der Waals surface area (Å²) in [4.78, 5) is 16.8. The van der Waals surface area contributed by atoms with E-state index in [-0.39, 0.29) is 11.7 Å². The Balaban J connectivity index is 1.40. The average Bonchev–Trinajstić information content (AvgIpc) is 3.14. The zero-order valence-electron chi connectivity index (χ0n) is 14.9. The first-order valence-corrected chi connectivity index (χ1v) is 8.77. The van der Waals surface area contributed by atoms with Crippen LogP contribution in [0.1, 0.15) is 16.2 Å². The fourth-order valence-corrected chi connectivity index (χ4v) is 3.22. The molecule has 0 aliphatic carbocycles. The van der Waals surface area contributed by atoms with Crippen molar-refractivity contribution in [3.63, 3.8) is 0 Å². The second-order valence-corrected chi connectivity index (χ2v) is 6.44. The van der Waals surface area contributed by atoms with Gasteiger partial charge in [-0.3, -0.25) is 4.79 Å². The third-order valence-corrected chi connectivity index (χ3v) is 4.74. The summed E-state index contributed by atoms with van der Waals surface area (Å²) in [5.74, 6) is 0.451. The highest BCUT2D eigenvalue weighted by Crippen LogP contribution is 2.18. The number of anilines is 1. The van der Waals surface area contributed by atoms with Crippen LogP contribution in [0.4, 0.5) is 10.1 Å². The summed E-state index contributed by atoms with van der Waals surface area (Å²) < 4.78 is 14.7. The molecule has 8 heteroatoms. The van der Waals surface area contributed by atoms with Crippen LogP contribution >= 0.6 is 0 Å². The summed E-state index contributed by atoms with van der Waals surface area (Å²) in [5.41, 5.74) is 2.43. The van der Waals surface area contributed by atoms with E-state index >= 15 is 0 Å². The van der Waals surface area contributed by atoms with Gasteiger partial charge in [-0.05, 0) is 65.9 Å². The van der Waals surface area contributed by atoms with E-state index < -0.39 is 0 Å². The summed E-state index contributed by atoms with van der Waals surface area (Å²) in [6, 6.07) is 13.7. The molecule has 1 saturated heterocycles. The Morgan fingerprint density at radius 1 is 0.926 bits per heavy atom. The molecule has 0 saturated carbocycles. The van der Waals surface area contributed by atoms with Gasteiger partial charge in [-0.1, -0.05) is 0 Å². The van der Waals surface area contributed by atoms with Crippen molar-refractivity contribution in [1.82, 2.24) is 25.1 Å². The number of piperazine rings is 1. The van der Waals surface area contributed by atoms with E-state index in [1.54, 1.807) is 28.9 Å². The largest absolute Gasteiger partial charge is 0.368 e. The van der Waals surface area contributed by atoms with Gasteiger partial charge in [-0.15, -0.1) is 5.10 Å². The van der Waals surface area contributed by atoms with Crippen molar-refractivity contribution < 1.29 is 9.18 Å². The second kappa shape index (κ2) is 7.14. The van der Waals surface area contributed by atoms with Gasteiger partial charge in [0.1, 0.15) is 5.82 Å². The fourth-order valence-electron chi connectivity index (χ4n) is 3.22. The maximum absolute atomic E-state index is 13.1. The van der Waals surface area contributed by atoms with Gasteiger partial charge in [-0.25, -0.2) is 4.39 Å². The maximum Gasteiger partial charge on any atom is 0.253 e. The van der Waals surface area contributed by atoms with Gasteiger partial charge in [0.2, 0.25) is 0 Å². The Bertz CT molecular complexity index is 930. The molecule has 2 aromatic carbocycles. The summed E-state index contributed by atoms with van der Waals surface area (Å²) in [6.07, 6.45) is 0. The second-order valence-electron chi connectivity index (χ2n) is 6.44. The molecule has 1 amide bonds. The fraction of sp³-hybridized carbons (Fsp3) is 0.263. The van der Waals surface area contributed by atoms with Gasteiger partial charge in [0.05, 0.1) is 5.69 Å². The lowest BCUT2D eigenvalue weighted by atomic mass is 10.1. The topological polar surface area (TPSA) is 67.2 Å². The smallest absolute Gasteiger partial charge is 0.253 e. The molecule has 0 radical (unpaired) electrons. The van der Waals surface area contributed by atoms with Crippen molar-refractivity contribution in [2.75, 3.05) is 31.1 Å². The SMILES string of the molecule is Cc1nnnn1-c1ccc(C(=O)N2CCN(c3ccc(F)cc3)CC2)cc1. The Hall–Kier alpha value is -3.29. The molecular formula is C19H19FN6O. The summed E-state index contributed by atoms with van der Waals surface area (Å²) in [5, 5.41) is 11.4. The monoisotopic (exact) mass is 366 g/mol. The van der Waals surface area contributed by atoms with Crippen LogP contribution in [0.5, 0.6) is 0 Å². The number of tetrazole rings is 1. The Kier molecular flexibility index (Phi) is 4.53. The van der Waals surface area contributed by atoms with Crippen LogP contribution in [0.2, 0.25) is 0 Å². The molecule has 1 aliphatic heterocycles. The van der Waals surface area contributed by atoms with Crippen LogP contribution in [0.3, 0.4) is 0 Å². The van der Waals surface area contributed by atoms with Crippen LogP contribution in [0.25, 0.3) is 5.69 Å². The van der Waals surface area contributed by atoms with E-state index in [9.17, 15) is 9.18 Å². The highest BCUT2D eigenvalue weighted by molar-refractivity contribution is 5.94. The average molecular weight is 366 g/mol. The molecule has 0 bridgehead atoms. The number of aromatic nitrogens is 4. The van der Waals surface area contributed by atoms with E-state index in [1.807, 2.05) is 24.0 Å². The summed E-state index contributed by atoms with van der Waals surface area (Å²) in [6.45, 7) is 4.52. The Morgan fingerprint density at radius 3 is 2.15 bits per heavy atom. The van der Waals surface area contributed by atoms with Crippen molar-refractivity contribution in [3.8, 4) is 5.69 Å². The van der Waals surface area contributed by atoms with E-state index in [0.717, 1.165) is 24.5 Å². The highest BCUT2D eigenvalue weighted by Gasteiger charge is 2.22. The lowest BCUT2D eigenvalue weighted by Gasteiger charge is -2.36. The van der Waals surface area contributed by atoms with Crippen molar-refractivity contribution in [1.29, 1.82) is 0 Å². The minimum atomic E-state index is -0.243. The third-order valence-electron chi connectivity index (χ3n) is 4.74. The number of hydrogen-bond acceptors (Lipinski definition) is 5. The van der Waals surface area contributed by atoms with E-state index in [2.05, 4.69) is 20.4 Å². The number of carbonyl (C=O) groups excluding carboxylic acids is 1. The number of aryl methyl sites for hydroxylation is 1. The number of amides is 1. The van der Waals surface area contributed by atoms with Crippen LogP contribution in [0.15, 0.2) is 48.5 Å². The van der Waals surface area contributed by atoms with E-state index in [4.69, 9.17) is 0 Å². The van der Waals surface area contributed by atoms with Crippen molar-refractivity contribution in [2.45, 2.75) is 6.92 Å². The molecule has 138 valence electrons. The van der Waals surface area contributed by atoms with Crippen molar-refractivity contribution >= 4 is 11.6 Å². The summed E-state index contributed by atoms with van der Waals surface area (Å²) in [7, 11) is 0. The highest BCUT2D eigenvalue weighted by atomic mass is 19.1. The van der Waals surface area contributed by atoms with Gasteiger partial charge >= 0.3 is 0 Å². The molecule has 0 spiro atoms. The number of rotatable bonds is 3. The van der Waals surface area contributed by atoms with Gasteiger partial charge < -0.3 is 9.80 Å². The first-order chi connectivity index (χ1) is 13.1. The van der Waals surface area contributed by atoms with Gasteiger partial charge in [0.15, 0.2) is 5.82 Å². The van der Waals surface area contributed by atoms with Crippen LogP contribution in [-0.2, 0) is 0 Å². The molecule has 0 unspecified atom stereocenters. The number of benzene rings is 2. The zero-order valence-corrected chi connectivity index (χ0v) is 14.9. The quantitative estimate of drug-likeness (QED) is 0.710. The zero-order chi connectivity index (χ0) is 18.8. The molecule has 4 rings (SSSR count). The van der Waals surface area contributed by atoms with E-state index in [1.165, 1.54) is 12.1 Å². The van der Waals surface area contributed by atoms with Gasteiger partial charge in [0.25, 0.3) is 5.91 Å². The van der Waals surface area contributed by atoms with Gasteiger partial charge in [0, 0.05) is 37.4 Å². The van der Waals surface area contributed by atoms with Gasteiger partial charge in [-0.2, -0.15) is 4.68 Å². The molecule has 27 heavy (non-hydrogen) atoms. The molecule has 1 fully saturated rings. The summed E-state index contributed by atoms with van der Waals surface area (Å²) >= 11 is 0. The molecule has 2 heterocycles. The third kappa shape index (κ3) is 3.51. The lowest BCUT2D eigenvalue weighted by molar-refractivity contribution is 0.0747. The predicted octanol–water partition coefficient (Wildman–Crippen LogP) is 2.07. The molecule has 3 aromatic rings. The van der Waals surface area contributed by atoms with Crippen LogP contribution < -0.4 is 4.90 Å². The molecule has 1 aliphatic rings. The molecule has 7 nitrogen and oxygen atoms in total. The Labute approximate surface area is 156 Å². The van der Waals surface area contributed by atoms with Crippen LogP contribution in [-0.4, -0.2) is 57.2 Å². The maximum atomic E-state index is 13.1. The number of hydrogen-bond donors (Lipinski definition) is 0. The molecule has 1 aromatic heterocycles. The minimum absolute atomic E-state index is 0.00810. The first-order valence-electron chi connectivity index (χ1n) is 8.77. The normalized spacial score (nSPS) is 14.4. The minimum Gasteiger partial charge on any atom is -0.368 e. The number of nitrogens with zero attached hydrogens (tertiary/aromatic N) is 6. The lowest BCUT2D eigenvalue weighted by Crippen LogP contribution is -2.48. The van der Waals surface area contributed by atoms with Crippen molar-refractivity contribution in [2.24, 2.45) is 0 Å². The molecule has 0 N–H and O–H groups in total.